The summed E-state index contributed by atoms with van der Waals surface area (Å²) in [6.07, 6.45) is 9.56. The van der Waals surface area contributed by atoms with Gasteiger partial charge in [-0.15, -0.1) is 0 Å². The lowest BCUT2D eigenvalue weighted by Gasteiger charge is -2.38. The Kier molecular flexibility index (Phi) is 6.90. The van der Waals surface area contributed by atoms with E-state index in [1.54, 1.807) is 0 Å². The minimum absolute atomic E-state index is 0.511. The summed E-state index contributed by atoms with van der Waals surface area (Å²) < 4.78 is 0. The van der Waals surface area contributed by atoms with E-state index in [4.69, 9.17) is 12.2 Å². The predicted octanol–water partition coefficient (Wildman–Crippen LogP) is 4.33. The first kappa shape index (κ1) is 20.2. The first-order chi connectivity index (χ1) is 13.7. The average molecular weight is 400 g/mol. The van der Waals surface area contributed by atoms with Crippen molar-refractivity contribution in [2.45, 2.75) is 57.9 Å². The molecule has 2 aliphatic heterocycles. The Balaban J connectivity index is 1.23. The molecule has 0 aromatic heterocycles. The molecule has 0 unspecified atom stereocenters. The number of piperidine rings is 1. The fourth-order valence-corrected chi connectivity index (χ4v) is 5.70. The van der Waals surface area contributed by atoms with Crippen LogP contribution in [0.5, 0.6) is 0 Å². The third kappa shape index (κ3) is 5.27. The molecule has 0 amide bonds. The summed E-state index contributed by atoms with van der Waals surface area (Å²) in [4.78, 5) is 5.24. The van der Waals surface area contributed by atoms with Crippen molar-refractivity contribution in [3.05, 3.63) is 35.9 Å². The molecule has 1 aromatic carbocycles. The molecule has 3 nitrogen and oxygen atoms in total. The van der Waals surface area contributed by atoms with Crippen LogP contribution in [0.2, 0.25) is 0 Å². The van der Waals surface area contributed by atoms with Gasteiger partial charge in [0.2, 0.25) is 0 Å². The molecule has 0 bridgehead atoms. The van der Waals surface area contributed by atoms with Crippen molar-refractivity contribution in [1.82, 2.24) is 15.1 Å². The summed E-state index contributed by atoms with van der Waals surface area (Å²) in [7, 11) is 0. The van der Waals surface area contributed by atoms with Gasteiger partial charge < -0.3 is 15.1 Å². The molecular formula is C24H37N3S. The van der Waals surface area contributed by atoms with Crippen molar-refractivity contribution in [3.8, 4) is 0 Å². The minimum Gasteiger partial charge on any atom is -0.360 e. The highest BCUT2D eigenvalue weighted by Gasteiger charge is 2.31. The van der Waals surface area contributed by atoms with Crippen molar-refractivity contribution in [2.24, 2.45) is 17.8 Å². The second-order valence-electron chi connectivity index (χ2n) is 9.55. The van der Waals surface area contributed by atoms with E-state index >= 15 is 0 Å². The molecule has 0 spiro atoms. The van der Waals surface area contributed by atoms with Gasteiger partial charge in [-0.25, -0.2) is 0 Å². The summed E-state index contributed by atoms with van der Waals surface area (Å²) in [5.41, 5.74) is 1.42. The molecule has 1 saturated carbocycles. The number of likely N-dealkylation sites (tertiary alicyclic amines) is 1. The van der Waals surface area contributed by atoms with Gasteiger partial charge in [0.1, 0.15) is 0 Å². The second-order valence-corrected chi connectivity index (χ2v) is 9.94. The third-order valence-corrected chi connectivity index (χ3v) is 7.70. The lowest BCUT2D eigenvalue weighted by molar-refractivity contribution is 0.126. The van der Waals surface area contributed by atoms with Crippen LogP contribution < -0.4 is 5.32 Å². The Bertz CT molecular complexity index is 618. The molecule has 2 saturated heterocycles. The number of benzene rings is 1. The van der Waals surface area contributed by atoms with Gasteiger partial charge >= 0.3 is 0 Å². The minimum atomic E-state index is 0.511. The fraction of sp³-hybridized carbons (Fsp3) is 0.708. The smallest absolute Gasteiger partial charge is 0.169 e. The van der Waals surface area contributed by atoms with Crippen LogP contribution in [-0.4, -0.2) is 53.7 Å². The molecule has 1 aliphatic carbocycles. The molecule has 4 heteroatoms. The zero-order valence-electron chi connectivity index (χ0n) is 17.5. The van der Waals surface area contributed by atoms with Gasteiger partial charge in [-0.3, -0.25) is 0 Å². The second kappa shape index (κ2) is 9.58. The standard InChI is InChI=1S/C24H37N3S/c1-19-7-9-21(10-8-19)17-26-13-11-22(12-14-26)18-27-23(16-25-24(27)28)15-20-5-3-2-4-6-20/h2-6,19,21-23H,7-18H2,1H3,(H,25,28)/t19?,21?,23-/m0/s1. The van der Waals surface area contributed by atoms with Crippen LogP contribution >= 0.6 is 12.2 Å². The maximum atomic E-state index is 5.65. The van der Waals surface area contributed by atoms with E-state index < -0.39 is 0 Å². The van der Waals surface area contributed by atoms with E-state index in [0.29, 0.717) is 6.04 Å². The average Bonchev–Trinajstić information content (AvgIpc) is 3.05. The van der Waals surface area contributed by atoms with Crippen LogP contribution in [0.25, 0.3) is 0 Å². The Morgan fingerprint density at radius 2 is 1.61 bits per heavy atom. The summed E-state index contributed by atoms with van der Waals surface area (Å²) in [5, 5.41) is 4.41. The first-order valence-electron chi connectivity index (χ1n) is 11.5. The number of rotatable bonds is 6. The molecule has 4 rings (SSSR count). The SMILES string of the molecule is CC1CCC(CN2CCC(CN3C(=S)NC[C@@H]3Cc3ccccc3)CC2)CC1. The van der Waals surface area contributed by atoms with Crippen molar-refractivity contribution in [1.29, 1.82) is 0 Å². The number of nitrogens with zero attached hydrogens (tertiary/aromatic N) is 2. The van der Waals surface area contributed by atoms with Crippen LogP contribution in [-0.2, 0) is 6.42 Å². The maximum Gasteiger partial charge on any atom is 0.169 e. The van der Waals surface area contributed by atoms with Crippen molar-refractivity contribution < 1.29 is 0 Å². The first-order valence-corrected chi connectivity index (χ1v) is 11.9. The lowest BCUT2D eigenvalue weighted by Crippen LogP contribution is -2.44. The van der Waals surface area contributed by atoms with Crippen LogP contribution in [0.1, 0.15) is 51.0 Å². The predicted molar refractivity (Wildman–Crippen MR) is 122 cm³/mol. The van der Waals surface area contributed by atoms with E-state index in [-0.39, 0.29) is 0 Å². The van der Waals surface area contributed by atoms with E-state index in [0.717, 1.165) is 42.4 Å². The Morgan fingerprint density at radius 3 is 2.32 bits per heavy atom. The highest BCUT2D eigenvalue weighted by atomic mass is 32.1. The van der Waals surface area contributed by atoms with Gasteiger partial charge in [0, 0.05) is 19.6 Å². The van der Waals surface area contributed by atoms with Crippen molar-refractivity contribution in [3.63, 3.8) is 0 Å². The van der Waals surface area contributed by atoms with Gasteiger partial charge in [-0.05, 0) is 80.7 Å². The number of nitrogens with one attached hydrogen (secondary N) is 1. The quantitative estimate of drug-likeness (QED) is 0.718. The molecule has 28 heavy (non-hydrogen) atoms. The number of hydrogen-bond acceptors (Lipinski definition) is 2. The van der Waals surface area contributed by atoms with E-state index in [9.17, 15) is 0 Å². The molecule has 1 N–H and O–H groups in total. The summed E-state index contributed by atoms with van der Waals surface area (Å²) in [6.45, 7) is 8.47. The molecule has 2 heterocycles. The lowest BCUT2D eigenvalue weighted by atomic mass is 9.82. The maximum absolute atomic E-state index is 5.65. The molecule has 1 atom stereocenters. The van der Waals surface area contributed by atoms with Gasteiger partial charge in [-0.2, -0.15) is 0 Å². The van der Waals surface area contributed by atoms with E-state index in [1.807, 2.05) is 0 Å². The van der Waals surface area contributed by atoms with Crippen LogP contribution in [0, 0.1) is 17.8 Å². The Labute approximate surface area is 176 Å². The van der Waals surface area contributed by atoms with Crippen molar-refractivity contribution >= 4 is 17.3 Å². The van der Waals surface area contributed by atoms with Gasteiger partial charge in [-0.1, -0.05) is 50.1 Å². The molecule has 0 radical (unpaired) electrons. The Morgan fingerprint density at radius 1 is 0.929 bits per heavy atom. The highest BCUT2D eigenvalue weighted by molar-refractivity contribution is 7.80. The zero-order chi connectivity index (χ0) is 19.3. The highest BCUT2D eigenvalue weighted by Crippen LogP contribution is 2.30. The number of thiocarbonyl (C=S) groups is 1. The van der Waals surface area contributed by atoms with Crippen LogP contribution in [0.4, 0.5) is 0 Å². The molecule has 154 valence electrons. The normalized spacial score (nSPS) is 29.8. The third-order valence-electron chi connectivity index (χ3n) is 7.32. The zero-order valence-corrected chi connectivity index (χ0v) is 18.3. The summed E-state index contributed by atoms with van der Waals surface area (Å²) in [6, 6.07) is 11.4. The number of hydrogen-bond donors (Lipinski definition) is 1. The Hall–Kier alpha value is -1.13. The monoisotopic (exact) mass is 399 g/mol. The van der Waals surface area contributed by atoms with E-state index in [2.05, 4.69) is 52.4 Å². The van der Waals surface area contributed by atoms with Crippen LogP contribution in [0.15, 0.2) is 30.3 Å². The molecule has 1 aromatic rings. The van der Waals surface area contributed by atoms with Gasteiger partial charge in [0.15, 0.2) is 5.11 Å². The summed E-state index contributed by atoms with van der Waals surface area (Å²) >= 11 is 5.65. The van der Waals surface area contributed by atoms with Gasteiger partial charge in [0.25, 0.3) is 0 Å². The largest absolute Gasteiger partial charge is 0.360 e. The molecule has 3 fully saturated rings. The van der Waals surface area contributed by atoms with Crippen molar-refractivity contribution in [2.75, 3.05) is 32.7 Å². The summed E-state index contributed by atoms with van der Waals surface area (Å²) in [5.74, 6) is 2.71. The topological polar surface area (TPSA) is 18.5 Å². The molecule has 3 aliphatic rings. The van der Waals surface area contributed by atoms with Gasteiger partial charge in [0.05, 0.1) is 6.04 Å². The van der Waals surface area contributed by atoms with Crippen LogP contribution in [0.3, 0.4) is 0 Å². The molecular weight excluding hydrogens is 362 g/mol. The van der Waals surface area contributed by atoms with E-state index in [1.165, 1.54) is 63.7 Å². The fourth-order valence-electron chi connectivity index (χ4n) is 5.39.